The van der Waals surface area contributed by atoms with E-state index in [-0.39, 0.29) is 29.6 Å². The van der Waals surface area contributed by atoms with Gasteiger partial charge in [-0.2, -0.15) is 0 Å². The van der Waals surface area contributed by atoms with Gasteiger partial charge in [-0.3, -0.25) is 9.59 Å². The molecule has 0 heterocycles. The van der Waals surface area contributed by atoms with Crippen molar-refractivity contribution in [2.75, 3.05) is 13.6 Å². The lowest BCUT2D eigenvalue weighted by atomic mass is 9.90. The number of hydrogen-bond donors (Lipinski definition) is 0. The van der Waals surface area contributed by atoms with Gasteiger partial charge in [0.05, 0.1) is 6.54 Å². The molecule has 3 nitrogen and oxygen atoms in total. The number of ketones is 1. The van der Waals surface area contributed by atoms with Crippen molar-refractivity contribution in [3.8, 4) is 0 Å². The van der Waals surface area contributed by atoms with Gasteiger partial charge in [0, 0.05) is 18.4 Å². The molecule has 0 N–H and O–H groups in total. The van der Waals surface area contributed by atoms with Gasteiger partial charge in [-0.1, -0.05) is 34.6 Å². The highest BCUT2D eigenvalue weighted by molar-refractivity contribution is 5.89. The number of likely N-dealkylation sites (N-methyl/N-ethyl adjacent to an activating group) is 1. The SMILES string of the molecule is CC(C)C(=O)N(C)CC(=O)C(C)(C)C. The smallest absolute Gasteiger partial charge is 0.225 e. The van der Waals surface area contributed by atoms with Gasteiger partial charge in [0.25, 0.3) is 0 Å². The predicted octanol–water partition coefficient (Wildman–Crippen LogP) is 1.72. The molecule has 0 aliphatic rings. The quantitative estimate of drug-likeness (QED) is 0.694. The molecule has 0 aliphatic heterocycles. The lowest BCUT2D eigenvalue weighted by molar-refractivity contribution is -0.138. The van der Waals surface area contributed by atoms with Crippen molar-refractivity contribution in [1.29, 1.82) is 0 Å². The van der Waals surface area contributed by atoms with Crippen molar-refractivity contribution in [2.45, 2.75) is 34.6 Å². The molecule has 0 unspecified atom stereocenters. The van der Waals surface area contributed by atoms with Crippen LogP contribution in [0.1, 0.15) is 34.6 Å². The molecule has 0 saturated heterocycles. The molecule has 0 aliphatic carbocycles. The molecular weight excluding hydrogens is 178 g/mol. The summed E-state index contributed by atoms with van der Waals surface area (Å²) >= 11 is 0. The topological polar surface area (TPSA) is 37.4 Å². The fraction of sp³-hybridized carbons (Fsp3) is 0.818. The zero-order valence-electron chi connectivity index (χ0n) is 10.0. The van der Waals surface area contributed by atoms with Gasteiger partial charge in [0.2, 0.25) is 5.91 Å². The Balaban J connectivity index is 4.27. The average Bonchev–Trinajstić information content (AvgIpc) is 2.00. The van der Waals surface area contributed by atoms with Gasteiger partial charge < -0.3 is 4.90 Å². The molecule has 0 bridgehead atoms. The van der Waals surface area contributed by atoms with Crippen molar-refractivity contribution < 1.29 is 9.59 Å². The number of nitrogens with zero attached hydrogens (tertiary/aromatic N) is 1. The molecule has 14 heavy (non-hydrogen) atoms. The highest BCUT2D eigenvalue weighted by Gasteiger charge is 2.24. The van der Waals surface area contributed by atoms with E-state index in [9.17, 15) is 9.59 Å². The van der Waals surface area contributed by atoms with E-state index < -0.39 is 0 Å². The molecular formula is C11H21NO2. The normalized spacial score (nSPS) is 11.6. The third-order valence-corrected chi connectivity index (χ3v) is 2.09. The fourth-order valence-electron chi connectivity index (χ4n) is 0.971. The lowest BCUT2D eigenvalue weighted by Gasteiger charge is -2.23. The van der Waals surface area contributed by atoms with Crippen LogP contribution in [0.25, 0.3) is 0 Å². The number of Topliss-reactive ketones (excluding diaryl/α,β-unsaturated/α-hetero) is 1. The summed E-state index contributed by atoms with van der Waals surface area (Å²) in [5.74, 6) is 0.0596. The standard InChI is InChI=1S/C11H21NO2/c1-8(2)10(14)12(6)7-9(13)11(3,4)5/h8H,7H2,1-6H3. The van der Waals surface area contributed by atoms with Crippen LogP contribution < -0.4 is 0 Å². The highest BCUT2D eigenvalue weighted by Crippen LogP contribution is 2.15. The van der Waals surface area contributed by atoms with Crippen LogP contribution in [0.4, 0.5) is 0 Å². The summed E-state index contributed by atoms with van der Waals surface area (Å²) < 4.78 is 0. The van der Waals surface area contributed by atoms with Gasteiger partial charge in [-0.05, 0) is 0 Å². The van der Waals surface area contributed by atoms with Gasteiger partial charge in [-0.25, -0.2) is 0 Å². The minimum atomic E-state index is -0.370. The van der Waals surface area contributed by atoms with Crippen LogP contribution in [0.3, 0.4) is 0 Å². The molecule has 0 aromatic rings. The van der Waals surface area contributed by atoms with Gasteiger partial charge in [-0.15, -0.1) is 0 Å². The molecule has 0 spiro atoms. The maximum Gasteiger partial charge on any atom is 0.225 e. The van der Waals surface area contributed by atoms with Crippen molar-refractivity contribution in [2.24, 2.45) is 11.3 Å². The van der Waals surface area contributed by atoms with Crippen LogP contribution in [0, 0.1) is 11.3 Å². The van der Waals surface area contributed by atoms with E-state index in [0.717, 1.165) is 0 Å². The van der Waals surface area contributed by atoms with Crippen LogP contribution in [-0.4, -0.2) is 30.2 Å². The molecule has 0 atom stereocenters. The number of carbonyl (C=O) groups excluding carboxylic acids is 2. The Morgan fingerprint density at radius 2 is 1.64 bits per heavy atom. The molecule has 0 rings (SSSR count). The number of hydrogen-bond acceptors (Lipinski definition) is 2. The van der Waals surface area contributed by atoms with Crippen molar-refractivity contribution in [1.82, 2.24) is 4.90 Å². The first-order chi connectivity index (χ1) is 6.16. The molecule has 0 radical (unpaired) electrons. The second kappa shape index (κ2) is 4.58. The summed E-state index contributed by atoms with van der Waals surface area (Å²) in [5, 5.41) is 0. The van der Waals surface area contributed by atoms with E-state index in [1.807, 2.05) is 34.6 Å². The molecule has 0 saturated carbocycles. The first kappa shape index (κ1) is 13.1. The van der Waals surface area contributed by atoms with E-state index in [1.165, 1.54) is 4.90 Å². The van der Waals surface area contributed by atoms with E-state index in [0.29, 0.717) is 0 Å². The minimum Gasteiger partial charge on any atom is -0.338 e. The lowest BCUT2D eigenvalue weighted by Crippen LogP contribution is -2.38. The fourth-order valence-corrected chi connectivity index (χ4v) is 0.971. The van der Waals surface area contributed by atoms with E-state index in [1.54, 1.807) is 7.05 Å². The van der Waals surface area contributed by atoms with Gasteiger partial charge in [0.1, 0.15) is 0 Å². The summed E-state index contributed by atoms with van der Waals surface area (Å²) in [5.41, 5.74) is -0.370. The van der Waals surface area contributed by atoms with E-state index in [4.69, 9.17) is 0 Å². The molecule has 0 aromatic heterocycles. The van der Waals surface area contributed by atoms with Crippen molar-refractivity contribution in [3.63, 3.8) is 0 Å². The van der Waals surface area contributed by atoms with Gasteiger partial charge in [0.15, 0.2) is 5.78 Å². The van der Waals surface area contributed by atoms with Crippen molar-refractivity contribution in [3.05, 3.63) is 0 Å². The molecule has 0 fully saturated rings. The maximum atomic E-state index is 11.6. The minimum absolute atomic E-state index is 0.0163. The second-order valence-electron chi connectivity index (χ2n) is 5.02. The Labute approximate surface area is 86.5 Å². The van der Waals surface area contributed by atoms with Crippen LogP contribution >= 0.6 is 0 Å². The van der Waals surface area contributed by atoms with E-state index >= 15 is 0 Å². The van der Waals surface area contributed by atoms with Crippen LogP contribution in [0.5, 0.6) is 0 Å². The molecule has 1 amide bonds. The Hall–Kier alpha value is -0.860. The van der Waals surface area contributed by atoms with Crippen LogP contribution in [0.2, 0.25) is 0 Å². The highest BCUT2D eigenvalue weighted by atomic mass is 16.2. The number of amides is 1. The Bertz CT molecular complexity index is 226. The average molecular weight is 199 g/mol. The maximum absolute atomic E-state index is 11.6. The Kier molecular flexibility index (Phi) is 4.30. The number of rotatable bonds is 3. The van der Waals surface area contributed by atoms with Crippen LogP contribution in [-0.2, 0) is 9.59 Å². The summed E-state index contributed by atoms with van der Waals surface area (Å²) in [6, 6.07) is 0. The van der Waals surface area contributed by atoms with Crippen LogP contribution in [0.15, 0.2) is 0 Å². The monoisotopic (exact) mass is 199 g/mol. The number of carbonyl (C=O) groups is 2. The first-order valence-electron chi connectivity index (χ1n) is 4.94. The first-order valence-corrected chi connectivity index (χ1v) is 4.94. The predicted molar refractivity (Wildman–Crippen MR) is 56.9 cm³/mol. The summed E-state index contributed by atoms with van der Waals surface area (Å²) in [7, 11) is 1.67. The van der Waals surface area contributed by atoms with E-state index in [2.05, 4.69) is 0 Å². The molecule has 3 heteroatoms. The zero-order chi connectivity index (χ0) is 11.5. The Morgan fingerprint density at radius 1 is 1.21 bits per heavy atom. The molecule has 82 valence electrons. The Morgan fingerprint density at radius 3 is 1.93 bits per heavy atom. The third-order valence-electron chi connectivity index (χ3n) is 2.09. The summed E-state index contributed by atoms with van der Waals surface area (Å²) in [6.07, 6.45) is 0. The van der Waals surface area contributed by atoms with Gasteiger partial charge >= 0.3 is 0 Å². The third kappa shape index (κ3) is 3.90. The summed E-state index contributed by atoms with van der Waals surface area (Å²) in [4.78, 5) is 24.6. The summed E-state index contributed by atoms with van der Waals surface area (Å²) in [6.45, 7) is 9.47. The second-order valence-corrected chi connectivity index (χ2v) is 5.02. The van der Waals surface area contributed by atoms with Crippen molar-refractivity contribution >= 4 is 11.7 Å². The largest absolute Gasteiger partial charge is 0.338 e. The zero-order valence-corrected chi connectivity index (χ0v) is 10.0. The molecule has 0 aromatic carbocycles.